The number of nitrogens with zero attached hydrogens (tertiary/aromatic N) is 2. The number of benzene rings is 3. The largest absolute Gasteiger partial charge is 0.491 e. The summed E-state index contributed by atoms with van der Waals surface area (Å²) in [6.07, 6.45) is 1.82. The van der Waals surface area contributed by atoms with Gasteiger partial charge >= 0.3 is 6.03 Å². The van der Waals surface area contributed by atoms with Crippen molar-refractivity contribution < 1.29 is 23.8 Å². The summed E-state index contributed by atoms with van der Waals surface area (Å²) >= 11 is 3.26. The van der Waals surface area contributed by atoms with Gasteiger partial charge in [-0.25, -0.2) is 14.2 Å². The number of nitrogens with one attached hydrogen (secondary N) is 2. The third kappa shape index (κ3) is 5.32. The molecule has 38 heavy (non-hydrogen) atoms. The monoisotopic (exact) mass is 578 g/mol. The van der Waals surface area contributed by atoms with Crippen molar-refractivity contribution in [3.05, 3.63) is 106 Å². The van der Waals surface area contributed by atoms with E-state index in [1.807, 2.05) is 30.3 Å². The van der Waals surface area contributed by atoms with E-state index in [1.165, 1.54) is 17.2 Å². The maximum absolute atomic E-state index is 14.6. The molecule has 3 aromatic carbocycles. The van der Waals surface area contributed by atoms with E-state index >= 15 is 0 Å². The summed E-state index contributed by atoms with van der Waals surface area (Å²) in [5.74, 6) is 0.0492. The number of aliphatic hydroxyl groups excluding tert-OH is 1. The Labute approximate surface area is 226 Å². The first-order chi connectivity index (χ1) is 18.4. The minimum Gasteiger partial charge on any atom is -0.491 e. The lowest BCUT2D eigenvalue weighted by Crippen LogP contribution is -2.36. The highest BCUT2D eigenvalue weighted by Gasteiger charge is 2.44. The smallest absolute Gasteiger partial charge is 0.325 e. The van der Waals surface area contributed by atoms with E-state index in [0.717, 1.165) is 5.56 Å². The summed E-state index contributed by atoms with van der Waals surface area (Å²) in [5, 5.41) is 11.7. The molecular weight excluding hydrogens is 555 g/mol. The third-order valence-corrected chi connectivity index (χ3v) is 6.75. The number of ether oxygens (including phenoxy) is 1. The number of imide groups is 1. The number of halogens is 2. The number of aliphatic hydroxyl groups is 1. The van der Waals surface area contributed by atoms with Gasteiger partial charge in [-0.05, 0) is 41.5 Å². The molecule has 3 N–H and O–H groups in total. The minimum atomic E-state index is -0.883. The van der Waals surface area contributed by atoms with Crippen LogP contribution in [0.2, 0.25) is 0 Å². The average molecular weight is 579 g/mol. The molecule has 1 aromatic heterocycles. The summed E-state index contributed by atoms with van der Waals surface area (Å²) in [7, 11) is 0. The van der Waals surface area contributed by atoms with Crippen LogP contribution in [0.3, 0.4) is 0 Å². The Kier molecular flexibility index (Phi) is 7.52. The molecule has 2 heterocycles. The fourth-order valence-electron chi connectivity index (χ4n) is 4.43. The topological polar surface area (TPSA) is 108 Å². The highest BCUT2D eigenvalue weighted by molar-refractivity contribution is 9.10. The van der Waals surface area contributed by atoms with Crippen LogP contribution in [0.5, 0.6) is 5.75 Å². The molecule has 0 radical (unpaired) electrons. The van der Waals surface area contributed by atoms with Gasteiger partial charge in [-0.1, -0.05) is 58.4 Å². The highest BCUT2D eigenvalue weighted by Crippen LogP contribution is 2.33. The van der Waals surface area contributed by atoms with Crippen molar-refractivity contribution in [2.24, 2.45) is 0 Å². The molecule has 1 unspecified atom stereocenters. The predicted octanol–water partition coefficient (Wildman–Crippen LogP) is 4.93. The molecule has 0 aliphatic carbocycles. The van der Waals surface area contributed by atoms with Crippen LogP contribution >= 0.6 is 15.9 Å². The maximum atomic E-state index is 14.6. The Morgan fingerprint density at radius 2 is 1.84 bits per heavy atom. The van der Waals surface area contributed by atoms with Crippen LogP contribution in [0.15, 0.2) is 83.5 Å². The Morgan fingerprint density at radius 1 is 1.08 bits per heavy atom. The van der Waals surface area contributed by atoms with Crippen molar-refractivity contribution in [1.29, 1.82) is 0 Å². The van der Waals surface area contributed by atoms with E-state index in [-0.39, 0.29) is 13.2 Å². The van der Waals surface area contributed by atoms with E-state index < -0.39 is 29.8 Å². The quantitative estimate of drug-likeness (QED) is 0.244. The van der Waals surface area contributed by atoms with Gasteiger partial charge in [0.2, 0.25) is 0 Å². The third-order valence-electron chi connectivity index (χ3n) is 6.26. The van der Waals surface area contributed by atoms with E-state index in [1.54, 1.807) is 36.4 Å². The summed E-state index contributed by atoms with van der Waals surface area (Å²) in [6, 6.07) is 18.8. The van der Waals surface area contributed by atoms with Crippen molar-refractivity contribution in [2.75, 3.05) is 13.2 Å². The molecule has 3 amide bonds. The van der Waals surface area contributed by atoms with Crippen molar-refractivity contribution in [1.82, 2.24) is 20.2 Å². The molecule has 0 spiro atoms. The lowest BCUT2D eigenvalue weighted by molar-refractivity contribution is -0.129. The number of amides is 3. The molecule has 1 aliphatic rings. The number of hydrogen-bond acceptors (Lipinski definition) is 5. The number of aromatic amines is 1. The lowest BCUT2D eigenvalue weighted by Gasteiger charge is -2.24. The summed E-state index contributed by atoms with van der Waals surface area (Å²) in [4.78, 5) is 35.6. The van der Waals surface area contributed by atoms with Crippen LogP contribution in [0.1, 0.15) is 29.0 Å². The molecule has 8 nitrogen and oxygen atoms in total. The molecule has 1 fully saturated rings. The Bertz CT molecular complexity index is 1450. The number of imidazole rings is 1. The molecule has 194 valence electrons. The molecule has 5 rings (SSSR count). The van der Waals surface area contributed by atoms with Crippen LogP contribution in [-0.2, 0) is 11.2 Å². The molecule has 2 atom stereocenters. The van der Waals surface area contributed by atoms with E-state index in [4.69, 9.17) is 9.84 Å². The number of carbonyl (C=O) groups excluding carboxylic acids is 2. The average Bonchev–Trinajstić information content (AvgIpc) is 3.51. The van der Waals surface area contributed by atoms with Crippen molar-refractivity contribution in [3.63, 3.8) is 0 Å². The van der Waals surface area contributed by atoms with Gasteiger partial charge in [0, 0.05) is 16.5 Å². The first kappa shape index (κ1) is 25.6. The van der Waals surface area contributed by atoms with Gasteiger partial charge in [-0.2, -0.15) is 0 Å². The molecule has 0 saturated carbocycles. The molecule has 1 saturated heterocycles. The van der Waals surface area contributed by atoms with E-state index in [2.05, 4.69) is 31.2 Å². The summed E-state index contributed by atoms with van der Waals surface area (Å²) in [5.41, 5.74) is 2.26. The van der Waals surface area contributed by atoms with Crippen LogP contribution < -0.4 is 10.1 Å². The predicted molar refractivity (Wildman–Crippen MR) is 142 cm³/mol. The highest BCUT2D eigenvalue weighted by atomic mass is 79.9. The maximum Gasteiger partial charge on any atom is 0.325 e. The van der Waals surface area contributed by atoms with E-state index in [0.29, 0.717) is 39.3 Å². The van der Waals surface area contributed by atoms with Gasteiger partial charge < -0.3 is 20.1 Å². The Hall–Kier alpha value is -4.02. The molecule has 4 aromatic rings. The second kappa shape index (κ2) is 11.2. The Balaban J connectivity index is 1.46. The molecule has 1 aliphatic heterocycles. The summed E-state index contributed by atoms with van der Waals surface area (Å²) in [6.45, 7) is 0.0440. The van der Waals surface area contributed by atoms with Crippen molar-refractivity contribution in [3.8, 4) is 17.0 Å². The zero-order valence-electron chi connectivity index (χ0n) is 20.1. The lowest BCUT2D eigenvalue weighted by atomic mass is 10.0. The normalized spacial score (nSPS) is 16.0. The van der Waals surface area contributed by atoms with Gasteiger partial charge in [0.05, 0.1) is 18.5 Å². The van der Waals surface area contributed by atoms with Gasteiger partial charge in [-0.15, -0.1) is 0 Å². The number of aromatic nitrogens is 2. The van der Waals surface area contributed by atoms with Crippen LogP contribution in [0, 0.1) is 5.82 Å². The van der Waals surface area contributed by atoms with Gasteiger partial charge in [-0.3, -0.25) is 9.69 Å². The van der Waals surface area contributed by atoms with Crippen LogP contribution in [-0.4, -0.2) is 45.1 Å². The fourth-order valence-corrected chi connectivity index (χ4v) is 4.77. The first-order valence-electron chi connectivity index (χ1n) is 12.0. The van der Waals surface area contributed by atoms with Crippen LogP contribution in [0.25, 0.3) is 11.3 Å². The summed E-state index contributed by atoms with van der Waals surface area (Å²) < 4.78 is 20.6. The number of H-pyrrole nitrogens is 1. The zero-order valence-corrected chi connectivity index (χ0v) is 21.7. The Morgan fingerprint density at radius 3 is 2.55 bits per heavy atom. The first-order valence-corrected chi connectivity index (χ1v) is 12.8. The van der Waals surface area contributed by atoms with Crippen molar-refractivity contribution in [2.45, 2.75) is 18.5 Å². The number of rotatable bonds is 9. The number of urea groups is 1. The molecule has 0 bridgehead atoms. The second-order valence-electron chi connectivity index (χ2n) is 8.74. The van der Waals surface area contributed by atoms with E-state index in [9.17, 15) is 14.0 Å². The SMILES string of the molecule is O=C1NC(c2ccc(OCCO)cc2)C(=O)N1[C@H](Cc1ccccc1)c1ncc(-c2ccc(Br)cc2F)[nH]1. The molecular formula is C28H24BrFN4O4. The van der Waals surface area contributed by atoms with Gasteiger partial charge in [0.15, 0.2) is 0 Å². The standard InChI is InChI=1S/C28H24BrFN4O4/c29-19-8-11-21(22(30)15-19)23-16-31-26(32-23)24(14-17-4-2-1-3-5-17)34-27(36)25(33-28(34)37)18-6-9-20(10-7-18)38-13-12-35/h1-11,15-16,24-25,35H,12-14H2,(H,31,32)(H,33,37)/t24-,25?/m1/s1. The van der Waals surface area contributed by atoms with Gasteiger partial charge in [0.25, 0.3) is 5.91 Å². The minimum absolute atomic E-state index is 0.111. The fraction of sp³-hybridized carbons (Fsp3) is 0.179. The zero-order chi connectivity index (χ0) is 26.6. The number of hydrogen-bond donors (Lipinski definition) is 3. The second-order valence-corrected chi connectivity index (χ2v) is 9.66. The number of carbonyl (C=O) groups is 2. The van der Waals surface area contributed by atoms with Crippen LogP contribution in [0.4, 0.5) is 9.18 Å². The van der Waals surface area contributed by atoms with Crippen molar-refractivity contribution >= 4 is 27.9 Å². The van der Waals surface area contributed by atoms with Gasteiger partial charge in [0.1, 0.15) is 36.1 Å². The molecule has 10 heteroatoms.